The summed E-state index contributed by atoms with van der Waals surface area (Å²) >= 11 is 0. The fraction of sp³-hybridized carbons (Fsp3) is 0.634. The van der Waals surface area contributed by atoms with Crippen molar-refractivity contribution in [3.63, 3.8) is 0 Å². The molecule has 4 amide bonds. The number of aromatic nitrogens is 2. The van der Waals surface area contributed by atoms with Gasteiger partial charge in [0.25, 0.3) is 5.91 Å². The number of nitrogens with zero attached hydrogens (tertiary/aromatic N) is 4. The molecular formula is C41H49F4N7O8S. The largest absolute Gasteiger partial charge is 0.471 e. The van der Waals surface area contributed by atoms with E-state index in [1.54, 1.807) is 20.8 Å². The lowest BCUT2D eigenvalue weighted by Crippen LogP contribution is -2.60. The molecule has 1 aromatic carbocycles. The molecule has 0 unspecified atom stereocenters. The highest BCUT2D eigenvalue weighted by atomic mass is 32.2. The number of alkyl carbamates (subject to hydrolysis) is 1. The number of nitriles is 1. The fourth-order valence-electron chi connectivity index (χ4n) is 8.60. The smallest absolute Gasteiger partial charge is 0.408 e. The van der Waals surface area contributed by atoms with Gasteiger partial charge in [-0.15, -0.1) is 0 Å². The minimum absolute atomic E-state index is 0.0278. The first-order valence-corrected chi connectivity index (χ1v) is 21.8. The van der Waals surface area contributed by atoms with Crippen LogP contribution >= 0.6 is 0 Å². The maximum absolute atomic E-state index is 16.3. The SMILES string of the molecule is C[C@@H]1C[C@H]2CC/C=C/C(F)(F)c3nc4ccc(C#N)cc4nc3O[C@@H]3C[C@@H](C(=O)N[C@]4(C(=O)NS(=O)(=O)C5(C)CC5)C[C@H]4C(F)F)N(C3)C(=O)[C@H](C(C)(C)C)NC(=O)O[C@@H]2C1. The van der Waals surface area contributed by atoms with Crippen molar-refractivity contribution in [2.45, 2.75) is 133 Å². The molecule has 2 aliphatic heterocycles. The molecule has 3 heterocycles. The molecule has 20 heteroatoms. The molecule has 2 aromatic rings. The van der Waals surface area contributed by atoms with Crippen molar-refractivity contribution in [2.75, 3.05) is 6.54 Å². The van der Waals surface area contributed by atoms with E-state index in [0.29, 0.717) is 25.3 Å². The van der Waals surface area contributed by atoms with Crippen molar-refractivity contribution in [3.05, 3.63) is 41.6 Å². The summed E-state index contributed by atoms with van der Waals surface area (Å²) in [6.07, 6.45) is -2.81. The second-order valence-electron chi connectivity index (χ2n) is 18.5. The van der Waals surface area contributed by atoms with Crippen molar-refractivity contribution in [1.29, 1.82) is 5.26 Å². The molecule has 0 radical (unpaired) electrons. The highest BCUT2D eigenvalue weighted by Gasteiger charge is 2.67. The van der Waals surface area contributed by atoms with E-state index in [-0.39, 0.29) is 47.7 Å². The van der Waals surface area contributed by atoms with Crippen molar-refractivity contribution in [3.8, 4) is 11.9 Å². The van der Waals surface area contributed by atoms with Crippen molar-refractivity contribution in [1.82, 2.24) is 30.2 Å². The zero-order valence-electron chi connectivity index (χ0n) is 34.3. The Morgan fingerprint density at radius 3 is 2.44 bits per heavy atom. The zero-order chi connectivity index (χ0) is 44.4. The third-order valence-corrected chi connectivity index (χ3v) is 14.8. The summed E-state index contributed by atoms with van der Waals surface area (Å²) < 4.78 is 99.7. The van der Waals surface area contributed by atoms with Crippen LogP contribution in [0, 0.1) is 34.5 Å². The van der Waals surface area contributed by atoms with E-state index >= 15 is 8.78 Å². The van der Waals surface area contributed by atoms with Crippen LogP contribution in [-0.4, -0.2) is 94.6 Å². The van der Waals surface area contributed by atoms with E-state index in [9.17, 15) is 41.6 Å². The van der Waals surface area contributed by atoms with E-state index in [2.05, 4.69) is 20.6 Å². The predicted octanol–water partition coefficient (Wildman–Crippen LogP) is 4.99. The van der Waals surface area contributed by atoms with Crippen LogP contribution in [0.25, 0.3) is 11.0 Å². The maximum Gasteiger partial charge on any atom is 0.408 e. The lowest BCUT2D eigenvalue weighted by molar-refractivity contribution is -0.143. The Morgan fingerprint density at radius 2 is 1.80 bits per heavy atom. The Labute approximate surface area is 350 Å². The molecule has 5 aliphatic rings. The second kappa shape index (κ2) is 15.7. The normalized spacial score (nSPS) is 31.6. The van der Waals surface area contributed by atoms with Gasteiger partial charge in [0.2, 0.25) is 34.1 Å². The van der Waals surface area contributed by atoms with Crippen molar-refractivity contribution in [2.24, 2.45) is 23.2 Å². The van der Waals surface area contributed by atoms with Gasteiger partial charge in [-0.2, -0.15) is 14.0 Å². The molecule has 3 saturated carbocycles. The molecule has 2 bridgehead atoms. The van der Waals surface area contributed by atoms with Crippen molar-refractivity contribution < 1.29 is 54.6 Å². The summed E-state index contributed by atoms with van der Waals surface area (Å²) in [5, 5.41) is 14.5. The lowest BCUT2D eigenvalue weighted by Gasteiger charge is -2.35. The van der Waals surface area contributed by atoms with Crippen LogP contribution in [0.4, 0.5) is 22.4 Å². The number of halogens is 4. The zero-order valence-corrected chi connectivity index (χ0v) is 35.2. The molecule has 8 atom stereocenters. The third kappa shape index (κ3) is 8.71. The van der Waals surface area contributed by atoms with Crippen LogP contribution in [0.3, 0.4) is 0 Å². The van der Waals surface area contributed by atoms with Gasteiger partial charge < -0.3 is 25.0 Å². The number of rotatable bonds is 6. The molecule has 1 aromatic heterocycles. The van der Waals surface area contributed by atoms with Crippen LogP contribution in [0.1, 0.15) is 97.2 Å². The Balaban J connectivity index is 1.28. The minimum atomic E-state index is -4.32. The van der Waals surface area contributed by atoms with Crippen LogP contribution in [0.5, 0.6) is 5.88 Å². The van der Waals surface area contributed by atoms with Gasteiger partial charge in [-0.05, 0) is 93.4 Å². The number of hydrogen-bond acceptors (Lipinski definition) is 11. The van der Waals surface area contributed by atoms with E-state index in [0.717, 1.165) is 4.90 Å². The van der Waals surface area contributed by atoms with Crippen LogP contribution in [-0.2, 0) is 35.1 Å². The van der Waals surface area contributed by atoms with Gasteiger partial charge in [-0.25, -0.2) is 32.0 Å². The molecule has 1 saturated heterocycles. The first-order chi connectivity index (χ1) is 28.5. The lowest BCUT2D eigenvalue weighted by atomic mass is 9.85. The van der Waals surface area contributed by atoms with Crippen molar-refractivity contribution >= 4 is 44.9 Å². The minimum Gasteiger partial charge on any atom is -0.471 e. The highest BCUT2D eigenvalue weighted by Crippen LogP contribution is 2.50. The summed E-state index contributed by atoms with van der Waals surface area (Å²) in [5.41, 5.74) is -4.07. The van der Waals surface area contributed by atoms with Gasteiger partial charge in [-0.1, -0.05) is 33.8 Å². The van der Waals surface area contributed by atoms with Gasteiger partial charge >= 0.3 is 12.0 Å². The topological polar surface area (TPSA) is 210 Å². The first kappa shape index (κ1) is 44.0. The Kier molecular flexibility index (Phi) is 11.3. The quantitative estimate of drug-likeness (QED) is 0.260. The number of benzene rings is 1. The molecule has 4 fully saturated rings. The number of hydrogen-bond donors (Lipinski definition) is 3. The Bertz CT molecular complexity index is 2310. The average Bonchev–Trinajstić information content (AvgIpc) is 4.03. The predicted molar refractivity (Wildman–Crippen MR) is 209 cm³/mol. The Morgan fingerprint density at radius 1 is 1.08 bits per heavy atom. The molecule has 330 valence electrons. The van der Waals surface area contributed by atoms with E-state index in [1.807, 2.05) is 17.7 Å². The standard InChI is InChI=1S/C41H49F4N7O8S/c1-21-14-23-8-6-7-11-41(44,45)30-34(48-27-16-22(19-46)9-10-26(27)47-30)59-24-17-28(52(20-24)35(54)31(38(2,3)4)49-37(56)60-29(23)15-21)33(53)50-40(18-25(40)32(42)43)36(55)51-61(57,58)39(5)12-13-39/h7,9-11,16,21,23-25,28-29,31-32H,6,8,12-15,17-18,20H2,1-5H3,(H,49,56)(H,50,53)(H,51,55)/b11-7+/t21-,23-,24-,25+,28+,29-,31-,40-/m1/s1. The summed E-state index contributed by atoms with van der Waals surface area (Å²) in [6, 6.07) is 3.04. The van der Waals surface area contributed by atoms with Gasteiger partial charge in [0, 0.05) is 6.42 Å². The first-order valence-electron chi connectivity index (χ1n) is 20.4. The summed E-state index contributed by atoms with van der Waals surface area (Å²) in [6.45, 7) is 7.85. The van der Waals surface area contributed by atoms with E-state index in [4.69, 9.17) is 9.47 Å². The number of carbonyl (C=O) groups is 4. The molecule has 7 rings (SSSR count). The monoisotopic (exact) mass is 875 g/mol. The average molecular weight is 876 g/mol. The molecular weight excluding hydrogens is 827 g/mol. The van der Waals surface area contributed by atoms with Crippen LogP contribution < -0.4 is 20.1 Å². The van der Waals surface area contributed by atoms with Crippen LogP contribution in [0.15, 0.2) is 30.4 Å². The van der Waals surface area contributed by atoms with Gasteiger partial charge in [0.1, 0.15) is 29.8 Å². The fourth-order valence-corrected chi connectivity index (χ4v) is 9.92. The molecule has 0 spiro atoms. The summed E-state index contributed by atoms with van der Waals surface area (Å²) in [7, 11) is -4.32. The van der Waals surface area contributed by atoms with Gasteiger partial charge in [0.15, 0.2) is 5.69 Å². The number of fused-ring (bicyclic) bond motifs is 5. The molecule has 15 nitrogen and oxygen atoms in total. The number of ether oxygens (including phenoxy) is 2. The van der Waals surface area contributed by atoms with Gasteiger partial charge in [-0.3, -0.25) is 19.1 Å². The number of amides is 4. The third-order valence-electron chi connectivity index (χ3n) is 12.6. The second-order valence-corrected chi connectivity index (χ2v) is 20.7. The van der Waals surface area contributed by atoms with Crippen LogP contribution in [0.2, 0.25) is 0 Å². The maximum atomic E-state index is 16.3. The van der Waals surface area contributed by atoms with Gasteiger partial charge in [0.05, 0.1) is 39.9 Å². The Hall–Kier alpha value is -5.06. The van der Waals surface area contributed by atoms with E-state index in [1.165, 1.54) is 31.2 Å². The molecule has 3 aliphatic carbocycles. The molecule has 61 heavy (non-hydrogen) atoms. The summed E-state index contributed by atoms with van der Waals surface area (Å²) in [4.78, 5) is 65.8. The number of carbonyl (C=O) groups excluding carboxylic acids is 4. The number of alkyl halides is 4. The number of sulfonamides is 1. The highest BCUT2D eigenvalue weighted by molar-refractivity contribution is 7.91. The van der Waals surface area contributed by atoms with E-state index < -0.39 is 123 Å². The molecule has 3 N–H and O–H groups in total. The summed E-state index contributed by atoms with van der Waals surface area (Å²) in [5.74, 6) is -9.58. The number of allylic oxidation sites excluding steroid dienone is 2. The number of nitrogens with one attached hydrogen (secondary N) is 3.